The molecule has 0 fully saturated rings. The monoisotopic (exact) mass is 207 g/mol. The molecule has 0 radical (unpaired) electrons. The van der Waals surface area contributed by atoms with Gasteiger partial charge in [-0.2, -0.15) is 0 Å². The third-order valence-electron chi connectivity index (χ3n) is 2.69. The number of hydrogen-bond acceptors (Lipinski definition) is 1. The molecule has 1 aromatic carbocycles. The number of nitrogens with one attached hydrogen (secondary N) is 1. The minimum Gasteiger partial charge on any atom is -0.359 e. The van der Waals surface area contributed by atoms with Gasteiger partial charge in [0.1, 0.15) is 0 Å². The van der Waals surface area contributed by atoms with Crippen LogP contribution in [0.4, 0.5) is 5.69 Å². The molecule has 2 heteroatoms. The Balaban J connectivity index is 2.48. The van der Waals surface area contributed by atoms with Gasteiger partial charge in [-0.05, 0) is 23.6 Å². The molecule has 0 bridgehead atoms. The number of halogens is 1. The summed E-state index contributed by atoms with van der Waals surface area (Å²) in [7, 11) is 0. The Morgan fingerprint density at radius 3 is 2.79 bits per heavy atom. The Kier molecular flexibility index (Phi) is 2.28. The number of fused-ring (bicyclic) bond motifs is 1. The lowest BCUT2D eigenvalue weighted by Gasteiger charge is -2.15. The molecular formula is C12H14ClN. The fraction of sp³-hybridized carbons (Fsp3) is 0.333. The Morgan fingerprint density at radius 2 is 2.14 bits per heavy atom. The van der Waals surface area contributed by atoms with Crippen molar-refractivity contribution >= 4 is 17.3 Å². The average Bonchev–Trinajstić information content (AvgIpc) is 2.39. The van der Waals surface area contributed by atoms with Gasteiger partial charge < -0.3 is 5.32 Å². The molecule has 2 rings (SSSR count). The predicted molar refractivity (Wildman–Crippen MR) is 61.8 cm³/mol. The van der Waals surface area contributed by atoms with Crippen LogP contribution < -0.4 is 5.32 Å². The standard InChI is InChI=1S/C12H14ClN/c1-7(2)12-8(3)14-11-6-9(13)4-5-10(11)12/h4-7,12,14H,3H2,1-2H3. The fourth-order valence-corrected chi connectivity index (χ4v) is 2.28. The Labute approximate surface area is 89.8 Å². The van der Waals surface area contributed by atoms with Crippen LogP contribution in [0, 0.1) is 5.92 Å². The number of rotatable bonds is 1. The van der Waals surface area contributed by atoms with Gasteiger partial charge in [-0.25, -0.2) is 0 Å². The first-order valence-electron chi connectivity index (χ1n) is 4.85. The van der Waals surface area contributed by atoms with Crippen molar-refractivity contribution in [1.82, 2.24) is 0 Å². The molecule has 1 aromatic rings. The van der Waals surface area contributed by atoms with Gasteiger partial charge in [-0.1, -0.05) is 38.1 Å². The molecule has 1 atom stereocenters. The average molecular weight is 208 g/mol. The molecule has 1 aliphatic rings. The molecule has 1 nitrogen and oxygen atoms in total. The molecule has 1 aliphatic heterocycles. The second-order valence-electron chi connectivity index (χ2n) is 4.10. The van der Waals surface area contributed by atoms with Gasteiger partial charge in [0.15, 0.2) is 0 Å². The topological polar surface area (TPSA) is 12.0 Å². The maximum atomic E-state index is 5.93. The predicted octanol–water partition coefficient (Wildman–Crippen LogP) is 4.02. The van der Waals surface area contributed by atoms with Crippen molar-refractivity contribution in [2.45, 2.75) is 19.8 Å². The molecule has 0 aliphatic carbocycles. The summed E-state index contributed by atoms with van der Waals surface area (Å²) in [5.41, 5.74) is 3.51. The molecule has 0 amide bonds. The Morgan fingerprint density at radius 1 is 1.43 bits per heavy atom. The summed E-state index contributed by atoms with van der Waals surface area (Å²) in [5.74, 6) is 0.986. The van der Waals surface area contributed by atoms with Crippen molar-refractivity contribution in [2.75, 3.05) is 5.32 Å². The molecule has 0 saturated heterocycles. The highest BCUT2D eigenvalue weighted by molar-refractivity contribution is 6.30. The van der Waals surface area contributed by atoms with Gasteiger partial charge in [0.05, 0.1) is 0 Å². The molecule has 0 spiro atoms. The zero-order chi connectivity index (χ0) is 10.3. The SMILES string of the molecule is C=C1Nc2cc(Cl)ccc2C1C(C)C. The van der Waals surface area contributed by atoms with Gasteiger partial charge in [-0.15, -0.1) is 0 Å². The third kappa shape index (κ3) is 1.42. The van der Waals surface area contributed by atoms with Crippen LogP contribution in [0.3, 0.4) is 0 Å². The number of hydrogen-bond donors (Lipinski definition) is 1. The lowest BCUT2D eigenvalue weighted by atomic mass is 9.88. The number of allylic oxidation sites excluding steroid dienone is 1. The summed E-state index contributed by atoms with van der Waals surface area (Å²) < 4.78 is 0. The normalized spacial score (nSPS) is 19.7. The molecular weight excluding hydrogens is 194 g/mol. The van der Waals surface area contributed by atoms with E-state index in [0.717, 1.165) is 16.4 Å². The quantitative estimate of drug-likeness (QED) is 0.734. The van der Waals surface area contributed by atoms with E-state index >= 15 is 0 Å². The summed E-state index contributed by atoms with van der Waals surface area (Å²) >= 11 is 5.93. The first-order valence-corrected chi connectivity index (χ1v) is 5.22. The van der Waals surface area contributed by atoms with Crippen molar-refractivity contribution in [3.63, 3.8) is 0 Å². The van der Waals surface area contributed by atoms with E-state index in [1.807, 2.05) is 12.1 Å². The molecule has 14 heavy (non-hydrogen) atoms. The third-order valence-corrected chi connectivity index (χ3v) is 2.92. The van der Waals surface area contributed by atoms with Crippen molar-refractivity contribution in [3.05, 3.63) is 41.1 Å². The molecule has 74 valence electrons. The second kappa shape index (κ2) is 3.32. The number of benzene rings is 1. The maximum Gasteiger partial charge on any atom is 0.0436 e. The summed E-state index contributed by atoms with van der Waals surface area (Å²) in [5, 5.41) is 4.06. The number of anilines is 1. The van der Waals surface area contributed by atoms with Crippen molar-refractivity contribution in [2.24, 2.45) is 5.92 Å². The van der Waals surface area contributed by atoms with E-state index in [0.29, 0.717) is 11.8 Å². The van der Waals surface area contributed by atoms with E-state index < -0.39 is 0 Å². The summed E-state index contributed by atoms with van der Waals surface area (Å²) in [6.45, 7) is 8.47. The van der Waals surface area contributed by atoms with E-state index in [2.05, 4.69) is 31.8 Å². The van der Waals surface area contributed by atoms with Gasteiger partial charge in [0, 0.05) is 22.3 Å². The Bertz CT molecular complexity index is 382. The van der Waals surface area contributed by atoms with Crippen LogP contribution in [0.25, 0.3) is 0 Å². The van der Waals surface area contributed by atoms with Gasteiger partial charge in [0.2, 0.25) is 0 Å². The first-order chi connectivity index (χ1) is 6.59. The van der Waals surface area contributed by atoms with Crippen LogP contribution in [0.1, 0.15) is 25.3 Å². The minimum atomic E-state index is 0.419. The van der Waals surface area contributed by atoms with Crippen LogP contribution in [-0.4, -0.2) is 0 Å². The highest BCUT2D eigenvalue weighted by atomic mass is 35.5. The molecule has 1 unspecified atom stereocenters. The van der Waals surface area contributed by atoms with E-state index in [1.165, 1.54) is 5.56 Å². The smallest absolute Gasteiger partial charge is 0.0436 e. The zero-order valence-electron chi connectivity index (χ0n) is 8.47. The van der Waals surface area contributed by atoms with Crippen LogP contribution in [0.15, 0.2) is 30.5 Å². The largest absolute Gasteiger partial charge is 0.359 e. The van der Waals surface area contributed by atoms with Crippen molar-refractivity contribution in [3.8, 4) is 0 Å². The van der Waals surface area contributed by atoms with Gasteiger partial charge >= 0.3 is 0 Å². The van der Waals surface area contributed by atoms with Gasteiger partial charge in [-0.3, -0.25) is 0 Å². The van der Waals surface area contributed by atoms with Crippen LogP contribution in [-0.2, 0) is 0 Å². The summed E-state index contributed by atoms with van der Waals surface area (Å²) in [6, 6.07) is 5.99. The van der Waals surface area contributed by atoms with Crippen LogP contribution >= 0.6 is 11.6 Å². The van der Waals surface area contributed by atoms with Crippen LogP contribution in [0.5, 0.6) is 0 Å². The minimum absolute atomic E-state index is 0.419. The first kappa shape index (κ1) is 9.60. The van der Waals surface area contributed by atoms with E-state index in [-0.39, 0.29) is 0 Å². The summed E-state index contributed by atoms with van der Waals surface area (Å²) in [4.78, 5) is 0. The molecule has 0 aromatic heterocycles. The second-order valence-corrected chi connectivity index (χ2v) is 4.54. The maximum absolute atomic E-state index is 5.93. The molecule has 1 N–H and O–H groups in total. The lowest BCUT2D eigenvalue weighted by molar-refractivity contribution is 0.571. The zero-order valence-corrected chi connectivity index (χ0v) is 9.23. The summed E-state index contributed by atoms with van der Waals surface area (Å²) in [6.07, 6.45) is 0. The van der Waals surface area contributed by atoms with Crippen molar-refractivity contribution < 1.29 is 0 Å². The van der Waals surface area contributed by atoms with Gasteiger partial charge in [0.25, 0.3) is 0 Å². The van der Waals surface area contributed by atoms with E-state index in [1.54, 1.807) is 0 Å². The molecule has 0 saturated carbocycles. The molecule has 1 heterocycles. The van der Waals surface area contributed by atoms with E-state index in [9.17, 15) is 0 Å². The highest BCUT2D eigenvalue weighted by Crippen LogP contribution is 2.42. The highest BCUT2D eigenvalue weighted by Gasteiger charge is 2.28. The fourth-order valence-electron chi connectivity index (χ4n) is 2.11. The van der Waals surface area contributed by atoms with Crippen molar-refractivity contribution in [1.29, 1.82) is 0 Å². The lowest BCUT2D eigenvalue weighted by Crippen LogP contribution is -2.05. The van der Waals surface area contributed by atoms with E-state index in [4.69, 9.17) is 11.6 Å². The Hall–Kier alpha value is -0.950. The van der Waals surface area contributed by atoms with Crippen LogP contribution in [0.2, 0.25) is 5.02 Å².